The van der Waals surface area contributed by atoms with E-state index in [2.05, 4.69) is 15.5 Å². The first-order valence-electron chi connectivity index (χ1n) is 7.25. The SMILES string of the molecule is O=C(NO)c1cc(CCCNc2cccc3cccnc23)on1. The molecule has 0 fully saturated rings. The summed E-state index contributed by atoms with van der Waals surface area (Å²) < 4.78 is 5.05. The van der Waals surface area contributed by atoms with Gasteiger partial charge in [-0.15, -0.1) is 0 Å². The molecule has 0 unspecified atom stereocenters. The van der Waals surface area contributed by atoms with Gasteiger partial charge in [0, 0.05) is 30.6 Å². The standard InChI is InChI=1S/C16H16N4O3/c21-16(19-22)14-10-12(23-20-14)6-3-8-17-13-7-1-4-11-5-2-9-18-15(11)13/h1-2,4-5,7,9-10,17,22H,3,6,8H2,(H,19,21). The van der Waals surface area contributed by atoms with Crippen molar-refractivity contribution in [3.63, 3.8) is 0 Å². The van der Waals surface area contributed by atoms with Crippen molar-refractivity contribution in [3.05, 3.63) is 54.0 Å². The van der Waals surface area contributed by atoms with Gasteiger partial charge in [0.15, 0.2) is 5.69 Å². The van der Waals surface area contributed by atoms with Gasteiger partial charge in [-0.05, 0) is 18.6 Å². The Kier molecular flexibility index (Phi) is 4.49. The molecule has 0 radical (unpaired) electrons. The number of pyridine rings is 1. The van der Waals surface area contributed by atoms with E-state index in [4.69, 9.17) is 9.73 Å². The lowest BCUT2D eigenvalue weighted by Crippen LogP contribution is -2.18. The number of hydrogen-bond donors (Lipinski definition) is 3. The van der Waals surface area contributed by atoms with Crippen LogP contribution in [0.2, 0.25) is 0 Å². The zero-order valence-electron chi connectivity index (χ0n) is 12.3. The molecule has 0 aliphatic rings. The van der Waals surface area contributed by atoms with Gasteiger partial charge < -0.3 is 9.84 Å². The van der Waals surface area contributed by atoms with Crippen molar-refractivity contribution in [2.75, 3.05) is 11.9 Å². The molecule has 7 heteroatoms. The lowest BCUT2D eigenvalue weighted by molar-refractivity contribution is 0.0696. The third-order valence-electron chi connectivity index (χ3n) is 3.44. The number of carbonyl (C=O) groups is 1. The van der Waals surface area contributed by atoms with Crippen molar-refractivity contribution in [1.82, 2.24) is 15.6 Å². The van der Waals surface area contributed by atoms with Gasteiger partial charge in [0.05, 0.1) is 11.2 Å². The molecule has 23 heavy (non-hydrogen) atoms. The van der Waals surface area contributed by atoms with Crippen LogP contribution >= 0.6 is 0 Å². The smallest absolute Gasteiger partial charge is 0.296 e. The molecule has 3 aromatic rings. The van der Waals surface area contributed by atoms with Crippen LogP contribution in [0.25, 0.3) is 10.9 Å². The fraction of sp³-hybridized carbons (Fsp3) is 0.188. The Labute approximate surface area is 132 Å². The first kappa shape index (κ1) is 15.0. The largest absolute Gasteiger partial charge is 0.383 e. The van der Waals surface area contributed by atoms with Crippen LogP contribution in [0.1, 0.15) is 22.7 Å². The number of nitrogens with zero attached hydrogens (tertiary/aromatic N) is 2. The molecule has 0 atom stereocenters. The number of aryl methyl sites for hydroxylation is 1. The molecule has 0 saturated carbocycles. The van der Waals surface area contributed by atoms with Crippen molar-refractivity contribution < 1.29 is 14.5 Å². The van der Waals surface area contributed by atoms with Gasteiger partial charge in [0.25, 0.3) is 5.91 Å². The van der Waals surface area contributed by atoms with E-state index in [9.17, 15) is 4.79 Å². The Balaban J connectivity index is 1.55. The Hall–Kier alpha value is -2.93. The van der Waals surface area contributed by atoms with Gasteiger partial charge in [0.2, 0.25) is 0 Å². The second-order valence-electron chi connectivity index (χ2n) is 5.03. The number of fused-ring (bicyclic) bond motifs is 1. The Morgan fingerprint density at radius 2 is 2.13 bits per heavy atom. The Morgan fingerprint density at radius 1 is 1.26 bits per heavy atom. The summed E-state index contributed by atoms with van der Waals surface area (Å²) in [4.78, 5) is 15.6. The minimum Gasteiger partial charge on any atom is -0.383 e. The van der Waals surface area contributed by atoms with Crippen LogP contribution in [-0.2, 0) is 6.42 Å². The van der Waals surface area contributed by atoms with Crippen LogP contribution in [0.15, 0.2) is 47.1 Å². The molecule has 0 aliphatic heterocycles. The highest BCUT2D eigenvalue weighted by Gasteiger charge is 2.11. The zero-order valence-corrected chi connectivity index (χ0v) is 12.3. The third-order valence-corrected chi connectivity index (χ3v) is 3.44. The maximum Gasteiger partial charge on any atom is 0.296 e. The molecule has 2 heterocycles. The summed E-state index contributed by atoms with van der Waals surface area (Å²) in [6.45, 7) is 0.734. The fourth-order valence-corrected chi connectivity index (χ4v) is 2.33. The van der Waals surface area contributed by atoms with Crippen LogP contribution in [-0.4, -0.2) is 27.8 Å². The second-order valence-corrected chi connectivity index (χ2v) is 5.03. The maximum absolute atomic E-state index is 11.2. The van der Waals surface area contributed by atoms with Gasteiger partial charge in [-0.2, -0.15) is 0 Å². The highest BCUT2D eigenvalue weighted by atomic mass is 16.5. The summed E-state index contributed by atoms with van der Waals surface area (Å²) >= 11 is 0. The molecule has 0 saturated heterocycles. The number of para-hydroxylation sites is 1. The minimum absolute atomic E-state index is 0.0636. The first-order chi connectivity index (χ1) is 11.3. The average molecular weight is 312 g/mol. The average Bonchev–Trinajstić information content (AvgIpc) is 3.07. The highest BCUT2D eigenvalue weighted by Crippen LogP contribution is 2.20. The van der Waals surface area contributed by atoms with E-state index in [1.165, 1.54) is 11.5 Å². The summed E-state index contributed by atoms with van der Waals surface area (Å²) in [7, 11) is 0. The van der Waals surface area contributed by atoms with Crippen molar-refractivity contribution in [2.24, 2.45) is 0 Å². The number of carbonyl (C=O) groups excluding carboxylic acids is 1. The van der Waals surface area contributed by atoms with Crippen molar-refractivity contribution in [1.29, 1.82) is 0 Å². The molecule has 3 rings (SSSR count). The second kappa shape index (κ2) is 6.89. The minimum atomic E-state index is -0.681. The summed E-state index contributed by atoms with van der Waals surface area (Å²) in [6, 6.07) is 11.5. The number of amides is 1. The predicted octanol–water partition coefficient (Wildman–Crippen LogP) is 2.39. The number of hydrogen-bond acceptors (Lipinski definition) is 6. The maximum atomic E-state index is 11.2. The van der Waals surface area contributed by atoms with E-state index in [0.29, 0.717) is 12.2 Å². The molecule has 2 aromatic heterocycles. The molecule has 1 amide bonds. The van der Waals surface area contributed by atoms with E-state index in [1.54, 1.807) is 6.20 Å². The van der Waals surface area contributed by atoms with E-state index < -0.39 is 5.91 Å². The topological polar surface area (TPSA) is 100 Å². The van der Waals surface area contributed by atoms with Gasteiger partial charge in [-0.3, -0.25) is 15.0 Å². The monoisotopic (exact) mass is 312 g/mol. The van der Waals surface area contributed by atoms with E-state index in [-0.39, 0.29) is 5.69 Å². The molecule has 1 aromatic carbocycles. The number of benzene rings is 1. The number of anilines is 1. The van der Waals surface area contributed by atoms with Crippen LogP contribution in [0.3, 0.4) is 0 Å². The highest BCUT2D eigenvalue weighted by molar-refractivity contribution is 5.91. The number of nitrogens with one attached hydrogen (secondary N) is 2. The van der Waals surface area contributed by atoms with Crippen LogP contribution in [0, 0.1) is 0 Å². The third kappa shape index (κ3) is 3.46. The van der Waals surface area contributed by atoms with E-state index in [0.717, 1.165) is 29.6 Å². The molecular weight excluding hydrogens is 296 g/mol. The van der Waals surface area contributed by atoms with E-state index >= 15 is 0 Å². The van der Waals surface area contributed by atoms with Crippen molar-refractivity contribution in [2.45, 2.75) is 12.8 Å². The van der Waals surface area contributed by atoms with Crippen LogP contribution in [0.5, 0.6) is 0 Å². The van der Waals surface area contributed by atoms with Gasteiger partial charge in [-0.1, -0.05) is 23.4 Å². The number of aromatic nitrogens is 2. The normalized spacial score (nSPS) is 10.7. The first-order valence-corrected chi connectivity index (χ1v) is 7.25. The molecule has 0 spiro atoms. The molecule has 0 aliphatic carbocycles. The zero-order chi connectivity index (χ0) is 16.1. The lowest BCUT2D eigenvalue weighted by atomic mass is 10.2. The fourth-order valence-electron chi connectivity index (χ4n) is 2.33. The number of hydroxylamine groups is 1. The van der Waals surface area contributed by atoms with Crippen LogP contribution < -0.4 is 10.8 Å². The van der Waals surface area contributed by atoms with E-state index in [1.807, 2.05) is 30.3 Å². The van der Waals surface area contributed by atoms with Crippen molar-refractivity contribution in [3.8, 4) is 0 Å². The van der Waals surface area contributed by atoms with Gasteiger partial charge in [0.1, 0.15) is 5.76 Å². The summed E-state index contributed by atoms with van der Waals surface area (Å²) in [6.07, 6.45) is 3.21. The Bertz CT molecular complexity index is 810. The summed E-state index contributed by atoms with van der Waals surface area (Å²) in [5.41, 5.74) is 3.51. The molecule has 7 nitrogen and oxygen atoms in total. The predicted molar refractivity (Wildman–Crippen MR) is 84.3 cm³/mol. The summed E-state index contributed by atoms with van der Waals surface area (Å²) in [5, 5.41) is 16.6. The van der Waals surface area contributed by atoms with Crippen LogP contribution in [0.4, 0.5) is 5.69 Å². The van der Waals surface area contributed by atoms with Gasteiger partial charge >= 0.3 is 0 Å². The molecule has 118 valence electrons. The Morgan fingerprint density at radius 3 is 3.00 bits per heavy atom. The molecule has 3 N–H and O–H groups in total. The quantitative estimate of drug-likeness (QED) is 0.367. The lowest BCUT2D eigenvalue weighted by Gasteiger charge is -2.08. The molecular formula is C16H16N4O3. The number of rotatable bonds is 6. The van der Waals surface area contributed by atoms with Gasteiger partial charge in [-0.25, -0.2) is 5.48 Å². The van der Waals surface area contributed by atoms with Crippen molar-refractivity contribution >= 4 is 22.5 Å². The molecule has 0 bridgehead atoms. The summed E-state index contributed by atoms with van der Waals surface area (Å²) in [5.74, 6) is -0.0820.